The minimum absolute atomic E-state index is 0.0825. The lowest BCUT2D eigenvalue weighted by Gasteiger charge is -2.23. The highest BCUT2D eigenvalue weighted by molar-refractivity contribution is 6.02. The molecule has 0 fully saturated rings. The number of rotatable bonds is 6. The summed E-state index contributed by atoms with van der Waals surface area (Å²) in [7, 11) is 2.92. The number of amides is 2. The highest BCUT2D eigenvalue weighted by atomic mass is 19.2. The van der Waals surface area contributed by atoms with Crippen molar-refractivity contribution >= 4 is 23.2 Å². The maximum Gasteiger partial charge on any atom is 0.244 e. The van der Waals surface area contributed by atoms with E-state index in [0.717, 1.165) is 12.1 Å². The van der Waals surface area contributed by atoms with Crippen molar-refractivity contribution in [3.63, 3.8) is 0 Å². The summed E-state index contributed by atoms with van der Waals surface area (Å²) >= 11 is 0. The van der Waals surface area contributed by atoms with Crippen molar-refractivity contribution in [3.8, 4) is 11.5 Å². The Bertz CT molecular complexity index is 827. The Kier molecular flexibility index (Phi) is 6.11. The molecule has 26 heavy (non-hydrogen) atoms. The van der Waals surface area contributed by atoms with Gasteiger partial charge in [0.1, 0.15) is 18.0 Å². The molecular weight excluding hydrogens is 346 g/mol. The summed E-state index contributed by atoms with van der Waals surface area (Å²) in [5.41, 5.74) is 0.459. The normalized spacial score (nSPS) is 10.2. The number of hydrogen-bond acceptors (Lipinski definition) is 4. The second-order valence-corrected chi connectivity index (χ2v) is 5.32. The molecular formula is C18H18F2N2O4. The van der Waals surface area contributed by atoms with Gasteiger partial charge in [0.2, 0.25) is 11.8 Å². The maximum absolute atomic E-state index is 13.2. The molecule has 0 unspecified atom stereocenters. The van der Waals surface area contributed by atoms with Gasteiger partial charge in [-0.05, 0) is 24.3 Å². The number of nitrogens with zero attached hydrogens (tertiary/aromatic N) is 1. The van der Waals surface area contributed by atoms with Crippen LogP contribution in [0.15, 0.2) is 36.4 Å². The van der Waals surface area contributed by atoms with E-state index in [9.17, 15) is 18.4 Å². The van der Waals surface area contributed by atoms with E-state index in [1.807, 2.05) is 0 Å². The monoisotopic (exact) mass is 364 g/mol. The molecule has 1 N–H and O–H groups in total. The third-order valence-corrected chi connectivity index (χ3v) is 3.56. The first-order valence-electron chi connectivity index (χ1n) is 7.60. The first-order chi connectivity index (χ1) is 12.3. The third-order valence-electron chi connectivity index (χ3n) is 3.56. The number of methoxy groups -OCH3 is 2. The first kappa shape index (κ1) is 19.2. The minimum atomic E-state index is -1.08. The lowest BCUT2D eigenvalue weighted by Crippen LogP contribution is -2.37. The van der Waals surface area contributed by atoms with Gasteiger partial charge >= 0.3 is 0 Å². The fraction of sp³-hybridized carbons (Fsp3) is 0.222. The van der Waals surface area contributed by atoms with Crippen LogP contribution in [0, 0.1) is 11.6 Å². The summed E-state index contributed by atoms with van der Waals surface area (Å²) in [6.45, 7) is 0.964. The van der Waals surface area contributed by atoms with Crippen molar-refractivity contribution < 1.29 is 27.8 Å². The maximum atomic E-state index is 13.2. The Morgan fingerprint density at radius 2 is 1.77 bits per heavy atom. The number of hydrogen-bond donors (Lipinski definition) is 1. The van der Waals surface area contributed by atoms with Crippen LogP contribution in [0.2, 0.25) is 0 Å². The minimum Gasteiger partial charge on any atom is -0.497 e. The molecule has 0 aliphatic carbocycles. The zero-order valence-electron chi connectivity index (χ0n) is 14.5. The number of benzene rings is 2. The van der Waals surface area contributed by atoms with Gasteiger partial charge in [0, 0.05) is 24.7 Å². The number of halogens is 2. The van der Waals surface area contributed by atoms with Crippen molar-refractivity contribution in [1.82, 2.24) is 0 Å². The van der Waals surface area contributed by atoms with Gasteiger partial charge in [-0.2, -0.15) is 0 Å². The van der Waals surface area contributed by atoms with E-state index < -0.39 is 23.4 Å². The molecule has 8 heteroatoms. The molecule has 0 aliphatic rings. The molecule has 0 aromatic heterocycles. The molecule has 0 saturated carbocycles. The van der Waals surface area contributed by atoms with Crippen molar-refractivity contribution in [2.24, 2.45) is 0 Å². The van der Waals surface area contributed by atoms with Gasteiger partial charge in [-0.25, -0.2) is 8.78 Å². The van der Waals surface area contributed by atoms with Crippen LogP contribution in [0.1, 0.15) is 6.92 Å². The van der Waals surface area contributed by atoms with Crippen LogP contribution in [-0.4, -0.2) is 32.6 Å². The average molecular weight is 364 g/mol. The quantitative estimate of drug-likeness (QED) is 0.856. The van der Waals surface area contributed by atoms with Crippen LogP contribution in [0.4, 0.5) is 20.2 Å². The third kappa shape index (κ3) is 4.47. The van der Waals surface area contributed by atoms with Crippen LogP contribution in [0.5, 0.6) is 11.5 Å². The fourth-order valence-corrected chi connectivity index (χ4v) is 2.29. The predicted molar refractivity (Wildman–Crippen MR) is 92.6 cm³/mol. The smallest absolute Gasteiger partial charge is 0.244 e. The van der Waals surface area contributed by atoms with E-state index >= 15 is 0 Å². The lowest BCUT2D eigenvalue weighted by molar-refractivity contribution is -0.120. The van der Waals surface area contributed by atoms with Crippen LogP contribution in [0.3, 0.4) is 0 Å². The Labute approximate surface area is 149 Å². The van der Waals surface area contributed by atoms with Gasteiger partial charge in [0.15, 0.2) is 11.6 Å². The molecule has 0 radical (unpaired) electrons. The Balaban J connectivity index is 2.21. The molecule has 0 bridgehead atoms. The van der Waals surface area contributed by atoms with Gasteiger partial charge < -0.3 is 14.8 Å². The van der Waals surface area contributed by atoms with Crippen molar-refractivity contribution in [1.29, 1.82) is 0 Å². The van der Waals surface area contributed by atoms with Gasteiger partial charge in [-0.15, -0.1) is 0 Å². The molecule has 2 aromatic carbocycles. The molecule has 2 rings (SSSR count). The largest absolute Gasteiger partial charge is 0.497 e. The standard InChI is InChI=1S/C18H18F2N2O4/c1-11(23)22(16-7-5-13(25-2)9-17(16)26-3)10-18(24)21-12-4-6-14(19)15(20)8-12/h4-9H,10H2,1-3H3,(H,21,24). The van der Waals surface area contributed by atoms with Crippen molar-refractivity contribution in [3.05, 3.63) is 48.0 Å². The van der Waals surface area contributed by atoms with Crippen molar-refractivity contribution in [2.75, 3.05) is 31.0 Å². The van der Waals surface area contributed by atoms with E-state index in [0.29, 0.717) is 17.2 Å². The molecule has 0 saturated heterocycles. The molecule has 138 valence electrons. The molecule has 0 atom stereocenters. The first-order valence-corrected chi connectivity index (χ1v) is 7.60. The van der Waals surface area contributed by atoms with Crippen LogP contribution in [-0.2, 0) is 9.59 Å². The van der Waals surface area contributed by atoms with E-state index in [1.54, 1.807) is 18.2 Å². The number of carbonyl (C=O) groups excluding carboxylic acids is 2. The zero-order valence-corrected chi connectivity index (χ0v) is 14.5. The molecule has 0 spiro atoms. The van der Waals surface area contributed by atoms with Gasteiger partial charge in [0.05, 0.1) is 19.9 Å². The Hall–Kier alpha value is -3.16. The predicted octanol–water partition coefficient (Wildman–Crippen LogP) is 2.97. The van der Waals surface area contributed by atoms with Gasteiger partial charge in [-0.1, -0.05) is 0 Å². The number of carbonyl (C=O) groups is 2. The highest BCUT2D eigenvalue weighted by Gasteiger charge is 2.20. The summed E-state index contributed by atoms with van der Waals surface area (Å²) in [6.07, 6.45) is 0. The lowest BCUT2D eigenvalue weighted by atomic mass is 10.2. The van der Waals surface area contributed by atoms with Gasteiger partial charge in [0.25, 0.3) is 0 Å². The van der Waals surface area contributed by atoms with Crippen LogP contribution >= 0.6 is 0 Å². The van der Waals surface area contributed by atoms with Gasteiger partial charge in [-0.3, -0.25) is 14.5 Å². The summed E-state index contributed by atoms with van der Waals surface area (Å²) in [6, 6.07) is 7.78. The Morgan fingerprint density at radius 3 is 2.35 bits per heavy atom. The van der Waals surface area contributed by atoms with E-state index in [2.05, 4.69) is 5.32 Å². The molecule has 0 aliphatic heterocycles. The van der Waals surface area contributed by atoms with Crippen LogP contribution < -0.4 is 19.7 Å². The highest BCUT2D eigenvalue weighted by Crippen LogP contribution is 2.32. The zero-order chi connectivity index (χ0) is 19.3. The summed E-state index contributed by atoms with van der Waals surface area (Å²) in [5.74, 6) is -2.20. The average Bonchev–Trinajstić information content (AvgIpc) is 2.62. The second kappa shape index (κ2) is 8.28. The Morgan fingerprint density at radius 1 is 1.04 bits per heavy atom. The topological polar surface area (TPSA) is 67.9 Å². The van der Waals surface area contributed by atoms with Crippen molar-refractivity contribution in [2.45, 2.75) is 6.92 Å². The van der Waals surface area contributed by atoms with Crippen LogP contribution in [0.25, 0.3) is 0 Å². The number of ether oxygens (including phenoxy) is 2. The summed E-state index contributed by atoms with van der Waals surface area (Å²) in [4.78, 5) is 25.4. The molecule has 0 heterocycles. The van der Waals surface area contributed by atoms with E-state index in [1.165, 1.54) is 32.1 Å². The summed E-state index contributed by atoms with van der Waals surface area (Å²) in [5, 5.41) is 2.42. The summed E-state index contributed by atoms with van der Waals surface area (Å²) < 4.78 is 36.5. The molecule has 2 amide bonds. The molecule has 6 nitrogen and oxygen atoms in total. The second-order valence-electron chi connectivity index (χ2n) is 5.32. The van der Waals surface area contributed by atoms with E-state index in [4.69, 9.17) is 9.47 Å². The SMILES string of the molecule is COc1ccc(N(CC(=O)Nc2ccc(F)c(F)c2)C(C)=O)c(OC)c1. The fourth-order valence-electron chi connectivity index (χ4n) is 2.29. The number of anilines is 2. The van der Waals surface area contributed by atoms with E-state index in [-0.39, 0.29) is 12.2 Å². The molecule has 2 aromatic rings. The number of nitrogens with one attached hydrogen (secondary N) is 1.